The Balaban J connectivity index is 4.33. The van der Waals surface area contributed by atoms with Gasteiger partial charge in [0.1, 0.15) is 12.7 Å². The molecule has 3 atom stereocenters. The van der Waals surface area contributed by atoms with Crippen LogP contribution in [0.15, 0.2) is 37.0 Å². The molecule has 0 amide bonds. The topological polar surface area (TPSA) is 149 Å². The number of phosphoric ester groups is 1. The number of allylic oxidation sites excluding steroid dienone is 5. The van der Waals surface area contributed by atoms with Gasteiger partial charge in [0.05, 0.1) is 19.8 Å². The molecule has 0 saturated carbocycles. The van der Waals surface area contributed by atoms with E-state index in [0.717, 1.165) is 38.5 Å². The van der Waals surface area contributed by atoms with Gasteiger partial charge >= 0.3 is 19.8 Å². The van der Waals surface area contributed by atoms with Crippen LogP contribution in [0, 0.1) is 0 Å². The molecule has 0 fully saturated rings. The first kappa shape index (κ1) is 53.2. The fraction of sp³-hybridized carbons (Fsp3) is 0.818. The normalized spacial score (nSPS) is 14.0. The average Bonchev–Trinajstić information content (AvgIpc) is 3.17. The summed E-state index contributed by atoms with van der Waals surface area (Å²) in [6.07, 6.45) is 40.1. The summed E-state index contributed by atoms with van der Waals surface area (Å²) in [5.74, 6) is -0.977. The summed E-state index contributed by atoms with van der Waals surface area (Å²) >= 11 is 0. The van der Waals surface area contributed by atoms with Crippen LogP contribution in [0.4, 0.5) is 0 Å². The van der Waals surface area contributed by atoms with Gasteiger partial charge in [-0.1, -0.05) is 159 Å². The molecular formula is C44H81O10P. The smallest absolute Gasteiger partial charge is 0.462 e. The lowest BCUT2D eigenvalue weighted by Crippen LogP contribution is -2.29. The number of phosphoric acid groups is 1. The molecule has 0 aliphatic rings. The molecule has 0 saturated heterocycles. The molecule has 0 aromatic carbocycles. The van der Waals surface area contributed by atoms with Gasteiger partial charge in [0.15, 0.2) is 6.10 Å². The summed E-state index contributed by atoms with van der Waals surface area (Å²) in [5.41, 5.74) is 0. The molecule has 1 unspecified atom stereocenters. The highest BCUT2D eigenvalue weighted by Gasteiger charge is 2.27. The first-order valence-corrected chi connectivity index (χ1v) is 23.4. The number of hydrogen-bond donors (Lipinski definition) is 3. The van der Waals surface area contributed by atoms with E-state index in [9.17, 15) is 24.2 Å². The van der Waals surface area contributed by atoms with Crippen molar-refractivity contribution in [2.75, 3.05) is 26.4 Å². The number of carbonyl (C=O) groups is 2. The number of esters is 2. The third kappa shape index (κ3) is 40.2. The third-order valence-electron chi connectivity index (χ3n) is 9.41. The Morgan fingerprint density at radius 2 is 1.05 bits per heavy atom. The van der Waals surface area contributed by atoms with Gasteiger partial charge in [0.25, 0.3) is 0 Å². The van der Waals surface area contributed by atoms with E-state index in [0.29, 0.717) is 19.3 Å². The molecular weight excluding hydrogens is 719 g/mol. The number of aliphatic hydroxyl groups excluding tert-OH is 2. The Bertz CT molecular complexity index is 1000. The van der Waals surface area contributed by atoms with Crippen LogP contribution in [0.25, 0.3) is 0 Å². The van der Waals surface area contributed by atoms with Gasteiger partial charge < -0.3 is 24.6 Å². The van der Waals surface area contributed by atoms with E-state index in [2.05, 4.69) is 36.3 Å². The van der Waals surface area contributed by atoms with E-state index >= 15 is 0 Å². The zero-order chi connectivity index (χ0) is 40.5. The molecule has 0 rings (SSSR count). The Morgan fingerprint density at radius 1 is 0.600 bits per heavy atom. The van der Waals surface area contributed by atoms with Crippen molar-refractivity contribution in [1.29, 1.82) is 0 Å². The van der Waals surface area contributed by atoms with Crippen molar-refractivity contribution >= 4 is 19.8 Å². The van der Waals surface area contributed by atoms with Crippen molar-refractivity contribution in [3.63, 3.8) is 0 Å². The predicted octanol–water partition coefficient (Wildman–Crippen LogP) is 11.6. The van der Waals surface area contributed by atoms with E-state index in [1.807, 2.05) is 12.2 Å². The van der Waals surface area contributed by atoms with Gasteiger partial charge in [0.2, 0.25) is 0 Å². The van der Waals surface area contributed by atoms with Crippen LogP contribution in [0.3, 0.4) is 0 Å². The fourth-order valence-corrected chi connectivity index (χ4v) is 6.80. The Morgan fingerprint density at radius 3 is 1.58 bits per heavy atom. The lowest BCUT2D eigenvalue weighted by molar-refractivity contribution is -0.161. The second kappa shape index (κ2) is 40.4. The molecule has 11 heteroatoms. The van der Waals surface area contributed by atoms with Crippen LogP contribution in [-0.4, -0.2) is 65.7 Å². The number of hydrogen-bond acceptors (Lipinski definition) is 9. The molecule has 3 N–H and O–H groups in total. The molecule has 322 valence electrons. The highest BCUT2D eigenvalue weighted by Crippen LogP contribution is 2.43. The van der Waals surface area contributed by atoms with Gasteiger partial charge in [-0.3, -0.25) is 18.6 Å². The van der Waals surface area contributed by atoms with E-state index in [1.165, 1.54) is 116 Å². The summed E-state index contributed by atoms with van der Waals surface area (Å²) in [7, 11) is -4.63. The minimum absolute atomic E-state index is 0.121. The molecule has 0 aromatic rings. The quantitative estimate of drug-likeness (QED) is 0.0236. The summed E-state index contributed by atoms with van der Waals surface area (Å²) in [6, 6.07) is 0. The van der Waals surface area contributed by atoms with Gasteiger partial charge in [-0.25, -0.2) is 4.57 Å². The van der Waals surface area contributed by atoms with Crippen molar-refractivity contribution in [3.8, 4) is 0 Å². The Hall–Kier alpha value is -1.81. The summed E-state index contributed by atoms with van der Waals surface area (Å²) in [4.78, 5) is 35.0. The second-order valence-electron chi connectivity index (χ2n) is 14.8. The van der Waals surface area contributed by atoms with Crippen molar-refractivity contribution in [3.05, 3.63) is 37.0 Å². The van der Waals surface area contributed by atoms with Gasteiger partial charge in [0, 0.05) is 12.8 Å². The second-order valence-corrected chi connectivity index (χ2v) is 16.3. The minimum Gasteiger partial charge on any atom is -0.462 e. The van der Waals surface area contributed by atoms with Crippen molar-refractivity contribution in [2.45, 2.75) is 205 Å². The number of ether oxygens (including phenoxy) is 2. The van der Waals surface area contributed by atoms with Gasteiger partial charge in [-0.05, 0) is 51.4 Å². The minimum atomic E-state index is -4.63. The van der Waals surface area contributed by atoms with Crippen LogP contribution >= 0.6 is 7.82 Å². The monoisotopic (exact) mass is 801 g/mol. The first-order valence-electron chi connectivity index (χ1n) is 21.9. The Labute approximate surface area is 335 Å². The molecule has 0 aliphatic carbocycles. The number of carbonyl (C=O) groups excluding carboxylic acids is 2. The number of aliphatic hydroxyl groups is 2. The maximum Gasteiger partial charge on any atom is 0.472 e. The van der Waals surface area contributed by atoms with E-state index < -0.39 is 51.8 Å². The third-order valence-corrected chi connectivity index (χ3v) is 10.4. The van der Waals surface area contributed by atoms with E-state index in [1.54, 1.807) is 0 Å². The lowest BCUT2D eigenvalue weighted by atomic mass is 10.0. The van der Waals surface area contributed by atoms with Crippen LogP contribution in [-0.2, 0) is 32.7 Å². The molecule has 10 nitrogen and oxygen atoms in total. The first-order chi connectivity index (χ1) is 26.7. The van der Waals surface area contributed by atoms with Gasteiger partial charge in [-0.2, -0.15) is 0 Å². The predicted molar refractivity (Wildman–Crippen MR) is 224 cm³/mol. The Kier molecular flexibility index (Phi) is 39.1. The van der Waals surface area contributed by atoms with Crippen molar-refractivity contribution < 1.29 is 47.8 Å². The van der Waals surface area contributed by atoms with Crippen molar-refractivity contribution in [2.24, 2.45) is 0 Å². The largest absolute Gasteiger partial charge is 0.472 e. The van der Waals surface area contributed by atoms with Crippen LogP contribution in [0.1, 0.15) is 193 Å². The maximum absolute atomic E-state index is 12.6. The highest BCUT2D eigenvalue weighted by atomic mass is 31.2. The average molecular weight is 801 g/mol. The summed E-state index contributed by atoms with van der Waals surface area (Å²) in [6.45, 7) is 3.86. The molecule has 0 bridgehead atoms. The summed E-state index contributed by atoms with van der Waals surface area (Å²) in [5, 5.41) is 18.3. The number of rotatable bonds is 42. The molecule has 0 aromatic heterocycles. The zero-order valence-corrected chi connectivity index (χ0v) is 35.6. The highest BCUT2D eigenvalue weighted by molar-refractivity contribution is 7.47. The maximum atomic E-state index is 12.6. The zero-order valence-electron chi connectivity index (χ0n) is 34.7. The molecule has 55 heavy (non-hydrogen) atoms. The molecule has 0 heterocycles. The van der Waals surface area contributed by atoms with Crippen LogP contribution < -0.4 is 0 Å². The van der Waals surface area contributed by atoms with Crippen molar-refractivity contribution in [1.82, 2.24) is 0 Å². The van der Waals surface area contributed by atoms with E-state index in [-0.39, 0.29) is 19.4 Å². The SMILES string of the molecule is C=CCCCCCCCCCCCCCCCC(=O)OC[C@H](COP(=O)(O)OC[C@@H](O)CO)OC(=O)CCC/C=C/C/C=C/CCCCCCCCCCC. The standard InChI is InChI=1S/C44H81O10P/c1-3-5-7-9-11-13-15-17-19-20-22-24-26-28-30-32-34-36-44(48)54-42(40-53-55(49,50)52-38-41(46)37-45)39-51-43(47)35-33-31-29-27-25-23-21-18-16-14-12-10-8-6-4-2/h4,22,24,28,30,41-42,45-46H,2-3,5-21,23,25-27,29,31-40H2,1H3,(H,49,50)/b24-22+,30-28+/t41-,42+/m0/s1. The fourth-order valence-electron chi connectivity index (χ4n) is 6.01. The van der Waals surface area contributed by atoms with E-state index in [4.69, 9.17) is 19.1 Å². The molecule has 0 aliphatic heterocycles. The molecule has 0 spiro atoms. The molecule has 0 radical (unpaired) electrons. The summed E-state index contributed by atoms with van der Waals surface area (Å²) < 4.78 is 32.7. The van der Waals surface area contributed by atoms with Crippen LogP contribution in [0.5, 0.6) is 0 Å². The number of unbranched alkanes of at least 4 members (excludes halogenated alkanes) is 23. The lowest BCUT2D eigenvalue weighted by Gasteiger charge is -2.20. The van der Waals surface area contributed by atoms with Crippen LogP contribution in [0.2, 0.25) is 0 Å². The van der Waals surface area contributed by atoms with Gasteiger partial charge in [-0.15, -0.1) is 6.58 Å².